The van der Waals surface area contributed by atoms with E-state index in [4.69, 9.17) is 10.5 Å². The Morgan fingerprint density at radius 3 is 2.94 bits per heavy atom. The summed E-state index contributed by atoms with van der Waals surface area (Å²) in [7, 11) is -3.36. The molecule has 1 saturated heterocycles. The van der Waals surface area contributed by atoms with Crippen LogP contribution in [-0.2, 0) is 0 Å². The lowest BCUT2D eigenvalue weighted by Crippen LogP contribution is -2.41. The Morgan fingerprint density at radius 2 is 2.13 bits per heavy atom. The van der Waals surface area contributed by atoms with Crippen LogP contribution in [0.3, 0.4) is 0 Å². The molecule has 2 heterocycles. The number of amides is 1. The zero-order valence-electron chi connectivity index (χ0n) is 16.7. The van der Waals surface area contributed by atoms with Crippen LogP contribution in [0.4, 0.5) is 5.69 Å². The third-order valence-corrected chi connectivity index (χ3v) is 6.26. The first-order valence-corrected chi connectivity index (χ1v) is 11.3. The van der Waals surface area contributed by atoms with E-state index in [1.807, 2.05) is 0 Å². The summed E-state index contributed by atoms with van der Waals surface area (Å²) in [6, 6.07) is 14.0. The molecule has 1 unspecified atom stereocenters. The summed E-state index contributed by atoms with van der Waals surface area (Å²) in [6.45, 7) is 1.52. The van der Waals surface area contributed by atoms with E-state index in [-0.39, 0.29) is 17.7 Å². The lowest BCUT2D eigenvalue weighted by Gasteiger charge is -2.34. The fourth-order valence-corrected chi connectivity index (χ4v) is 4.76. The Kier molecular flexibility index (Phi) is 5.73. The first-order valence-electron chi connectivity index (χ1n) is 9.84. The molecule has 10 heteroatoms. The summed E-state index contributed by atoms with van der Waals surface area (Å²) in [6.07, 6.45) is 1.74. The van der Waals surface area contributed by atoms with Crippen LogP contribution < -0.4 is 15.2 Å². The number of nitrogens with one attached hydrogen (secondary N) is 1. The van der Waals surface area contributed by atoms with Crippen LogP contribution in [-0.4, -0.2) is 45.4 Å². The molecular weight excluding hydrogens is 418 g/mol. The third kappa shape index (κ3) is 4.44. The fourth-order valence-electron chi connectivity index (χ4n) is 3.88. The third-order valence-electron chi connectivity index (χ3n) is 5.31. The van der Waals surface area contributed by atoms with E-state index < -0.39 is 11.0 Å². The molecule has 0 aliphatic carbocycles. The highest BCUT2D eigenvalue weighted by atomic mass is 32.3. The number of piperidine rings is 1. The standard InChI is InChI=1S/C21H23N5O4S/c22-11-15-6-1-2-7-16(15)21(27)26-10-4-5-14(12-26)13-30-18-9-3-8-17-19(18)20(23)25-31(28,29)24-17/h1-3,6-9,14,24,28-29H,4-5,10,12-13H2,(H2,23,25). The zero-order chi connectivity index (χ0) is 22.0. The summed E-state index contributed by atoms with van der Waals surface area (Å²) in [5, 5.41) is 9.28. The number of nitrogens with two attached hydrogens (primary N) is 1. The van der Waals surface area contributed by atoms with Crippen molar-refractivity contribution < 1.29 is 18.6 Å². The quantitative estimate of drug-likeness (QED) is 0.570. The van der Waals surface area contributed by atoms with E-state index in [1.54, 1.807) is 47.4 Å². The smallest absolute Gasteiger partial charge is 0.255 e. The molecule has 0 radical (unpaired) electrons. The van der Waals surface area contributed by atoms with Crippen molar-refractivity contribution in [2.24, 2.45) is 16.0 Å². The van der Waals surface area contributed by atoms with Gasteiger partial charge < -0.3 is 15.4 Å². The maximum absolute atomic E-state index is 12.9. The maximum atomic E-state index is 12.9. The second-order valence-corrected chi connectivity index (χ2v) is 8.93. The maximum Gasteiger partial charge on any atom is 0.255 e. The Balaban J connectivity index is 1.45. The molecule has 1 fully saturated rings. The van der Waals surface area contributed by atoms with Gasteiger partial charge in [-0.2, -0.15) is 5.26 Å². The SMILES string of the molecule is N#Cc1ccccc1C(=O)N1CCCC(COc2cccc3c2C(N)=NS(O)(O)N3)C1. The molecule has 0 aromatic heterocycles. The van der Waals surface area contributed by atoms with Crippen molar-refractivity contribution in [3.8, 4) is 11.8 Å². The highest BCUT2D eigenvalue weighted by Crippen LogP contribution is 2.46. The Morgan fingerprint density at radius 1 is 1.32 bits per heavy atom. The number of carbonyl (C=O) groups is 1. The molecule has 0 saturated carbocycles. The number of benzene rings is 2. The van der Waals surface area contributed by atoms with Crippen LogP contribution in [0.5, 0.6) is 5.75 Å². The molecule has 2 aromatic carbocycles. The molecule has 0 bridgehead atoms. The van der Waals surface area contributed by atoms with Gasteiger partial charge >= 0.3 is 0 Å². The molecule has 2 aliphatic rings. The van der Waals surface area contributed by atoms with Crippen molar-refractivity contribution in [3.05, 3.63) is 59.2 Å². The van der Waals surface area contributed by atoms with Crippen LogP contribution in [0.2, 0.25) is 0 Å². The summed E-state index contributed by atoms with van der Waals surface area (Å²) in [4.78, 5) is 14.7. The molecule has 0 spiro atoms. The average Bonchev–Trinajstić information content (AvgIpc) is 2.76. The van der Waals surface area contributed by atoms with Gasteiger partial charge in [0, 0.05) is 19.0 Å². The molecule has 162 valence electrons. The number of carbonyl (C=O) groups excluding carboxylic acids is 1. The van der Waals surface area contributed by atoms with Crippen LogP contribution in [0.25, 0.3) is 0 Å². The van der Waals surface area contributed by atoms with Gasteiger partial charge in [-0.3, -0.25) is 18.6 Å². The van der Waals surface area contributed by atoms with Crippen molar-refractivity contribution in [2.45, 2.75) is 12.8 Å². The van der Waals surface area contributed by atoms with Crippen molar-refractivity contribution in [2.75, 3.05) is 24.4 Å². The lowest BCUT2D eigenvalue weighted by molar-refractivity contribution is 0.0633. The minimum Gasteiger partial charge on any atom is -0.492 e. The number of likely N-dealkylation sites (tertiary alicyclic amines) is 1. The highest BCUT2D eigenvalue weighted by Gasteiger charge is 2.28. The Labute approximate surface area is 181 Å². The summed E-state index contributed by atoms with van der Waals surface area (Å²) in [5.74, 6) is 0.444. The number of ether oxygens (including phenoxy) is 1. The first-order chi connectivity index (χ1) is 14.9. The van der Waals surface area contributed by atoms with Crippen molar-refractivity contribution >= 4 is 28.4 Å². The topological polar surface area (TPSA) is 144 Å². The lowest BCUT2D eigenvalue weighted by atomic mass is 9.97. The van der Waals surface area contributed by atoms with Gasteiger partial charge in [0.15, 0.2) is 5.84 Å². The molecule has 31 heavy (non-hydrogen) atoms. The Bertz CT molecular complexity index is 1080. The van der Waals surface area contributed by atoms with E-state index in [0.29, 0.717) is 47.8 Å². The highest BCUT2D eigenvalue weighted by molar-refractivity contribution is 8.24. The normalized spacial score (nSPS) is 20.5. The monoisotopic (exact) mass is 441 g/mol. The Hall–Kier alpha value is -3.26. The van der Waals surface area contributed by atoms with E-state index in [0.717, 1.165) is 12.8 Å². The van der Waals surface area contributed by atoms with E-state index in [2.05, 4.69) is 15.2 Å². The van der Waals surface area contributed by atoms with Gasteiger partial charge in [-0.25, -0.2) is 0 Å². The predicted molar refractivity (Wildman–Crippen MR) is 119 cm³/mol. The minimum absolute atomic E-state index is 0.00194. The van der Waals surface area contributed by atoms with Gasteiger partial charge in [0.2, 0.25) is 0 Å². The number of hydrogen-bond donors (Lipinski definition) is 4. The van der Waals surface area contributed by atoms with Crippen LogP contribution >= 0.6 is 11.0 Å². The van der Waals surface area contributed by atoms with E-state index in [1.165, 1.54) is 0 Å². The second-order valence-electron chi connectivity index (χ2n) is 7.50. The van der Waals surface area contributed by atoms with E-state index in [9.17, 15) is 19.2 Å². The number of nitriles is 1. The molecule has 2 aromatic rings. The zero-order valence-corrected chi connectivity index (χ0v) is 17.5. The number of hydrogen-bond acceptors (Lipinski definition) is 8. The first kappa shape index (κ1) is 21.0. The van der Waals surface area contributed by atoms with Gasteiger partial charge in [0.1, 0.15) is 5.75 Å². The van der Waals surface area contributed by atoms with Crippen molar-refractivity contribution in [1.29, 1.82) is 5.26 Å². The summed E-state index contributed by atoms with van der Waals surface area (Å²) in [5.41, 5.74) is 7.65. The molecule has 4 rings (SSSR count). The minimum atomic E-state index is -3.36. The summed E-state index contributed by atoms with van der Waals surface area (Å²) < 4.78 is 31.9. The predicted octanol–water partition coefficient (Wildman–Crippen LogP) is 3.20. The van der Waals surface area contributed by atoms with Gasteiger partial charge in [-0.05, 0) is 48.1 Å². The van der Waals surface area contributed by atoms with Gasteiger partial charge in [-0.15, -0.1) is 4.40 Å². The van der Waals surface area contributed by atoms with Gasteiger partial charge in [0.25, 0.3) is 5.91 Å². The second kappa shape index (κ2) is 8.47. The largest absolute Gasteiger partial charge is 0.492 e. The van der Waals surface area contributed by atoms with Crippen molar-refractivity contribution in [3.63, 3.8) is 0 Å². The average molecular weight is 442 g/mol. The summed E-state index contributed by atoms with van der Waals surface area (Å²) >= 11 is 0. The van der Waals surface area contributed by atoms with E-state index >= 15 is 0 Å². The van der Waals surface area contributed by atoms with Crippen LogP contribution in [0, 0.1) is 17.2 Å². The van der Waals surface area contributed by atoms with Crippen LogP contribution in [0.1, 0.15) is 34.3 Å². The molecule has 1 amide bonds. The number of nitrogens with zero attached hydrogens (tertiary/aromatic N) is 3. The van der Waals surface area contributed by atoms with Crippen LogP contribution in [0.15, 0.2) is 46.9 Å². The number of amidine groups is 1. The number of rotatable bonds is 4. The molecular formula is C21H23N5O4S. The van der Waals surface area contributed by atoms with Gasteiger partial charge in [-0.1, -0.05) is 18.2 Å². The molecule has 5 N–H and O–H groups in total. The molecule has 2 aliphatic heterocycles. The fraction of sp³-hybridized carbons (Fsp3) is 0.286. The number of anilines is 1. The molecule has 9 nitrogen and oxygen atoms in total. The molecule has 1 atom stereocenters. The van der Waals surface area contributed by atoms with Crippen molar-refractivity contribution in [1.82, 2.24) is 4.90 Å². The number of fused-ring (bicyclic) bond motifs is 1. The van der Waals surface area contributed by atoms with Gasteiger partial charge in [0.05, 0.1) is 35.1 Å².